The lowest BCUT2D eigenvalue weighted by Gasteiger charge is -2.31. The number of hydrogen-bond donors (Lipinski definition) is 0. The summed E-state index contributed by atoms with van der Waals surface area (Å²) in [7, 11) is 0. The van der Waals surface area contributed by atoms with Crippen LogP contribution in [0.5, 0.6) is 0 Å². The summed E-state index contributed by atoms with van der Waals surface area (Å²) >= 11 is 0. The Kier molecular flexibility index (Phi) is 5.52. The molecule has 1 unspecified atom stereocenters. The van der Waals surface area contributed by atoms with Gasteiger partial charge in [-0.15, -0.1) is 6.58 Å². The second-order valence-electron chi connectivity index (χ2n) is 4.65. The van der Waals surface area contributed by atoms with Crippen molar-refractivity contribution in [1.29, 1.82) is 0 Å². The van der Waals surface area contributed by atoms with Crippen molar-refractivity contribution >= 4 is 0 Å². The summed E-state index contributed by atoms with van der Waals surface area (Å²) in [5, 5.41) is 0. The maximum absolute atomic E-state index is 3.81. The number of rotatable bonds is 6. The molecule has 0 amide bonds. The fraction of sp³-hybridized carbons (Fsp3) is 0.714. The van der Waals surface area contributed by atoms with Crippen molar-refractivity contribution in [2.24, 2.45) is 5.92 Å². The molecule has 0 aromatic carbocycles. The van der Waals surface area contributed by atoms with E-state index >= 15 is 0 Å². The molecule has 0 saturated heterocycles. The van der Waals surface area contributed by atoms with Crippen molar-refractivity contribution in [1.82, 2.24) is 4.90 Å². The molecule has 0 radical (unpaired) electrons. The first-order valence-corrected chi connectivity index (χ1v) is 6.32. The first kappa shape index (κ1) is 12.4. The van der Waals surface area contributed by atoms with Gasteiger partial charge in [0.05, 0.1) is 0 Å². The maximum atomic E-state index is 3.81. The molecule has 0 spiro atoms. The van der Waals surface area contributed by atoms with Crippen molar-refractivity contribution in [3.63, 3.8) is 0 Å². The van der Waals surface area contributed by atoms with Gasteiger partial charge in [0.25, 0.3) is 0 Å². The maximum Gasteiger partial charge on any atom is 0.0209 e. The lowest BCUT2D eigenvalue weighted by Crippen LogP contribution is -2.27. The van der Waals surface area contributed by atoms with Crippen LogP contribution in [0.3, 0.4) is 0 Å². The van der Waals surface area contributed by atoms with Crippen molar-refractivity contribution in [3.8, 4) is 0 Å². The second kappa shape index (κ2) is 6.71. The largest absolute Gasteiger partial charge is 0.375 e. The molecule has 1 atom stereocenters. The number of nitrogens with zero attached hydrogens (tertiary/aromatic N) is 1. The van der Waals surface area contributed by atoms with E-state index in [2.05, 4.69) is 31.4 Å². The molecule has 1 aliphatic carbocycles. The van der Waals surface area contributed by atoms with Gasteiger partial charge in [-0.3, -0.25) is 0 Å². The minimum atomic E-state index is 0.869. The molecule has 1 aliphatic rings. The second-order valence-corrected chi connectivity index (χ2v) is 4.65. The van der Waals surface area contributed by atoms with Crippen molar-refractivity contribution in [3.05, 3.63) is 24.4 Å². The Morgan fingerprint density at radius 2 is 2.33 bits per heavy atom. The summed E-state index contributed by atoms with van der Waals surface area (Å²) in [5.74, 6) is 0.869. The molecule has 1 nitrogen and oxygen atoms in total. The highest BCUT2D eigenvalue weighted by atomic mass is 15.1. The van der Waals surface area contributed by atoms with E-state index in [1.54, 1.807) is 5.70 Å². The molecule has 0 saturated carbocycles. The van der Waals surface area contributed by atoms with Crippen LogP contribution in [0, 0.1) is 5.92 Å². The van der Waals surface area contributed by atoms with Crippen LogP contribution in [0.25, 0.3) is 0 Å². The van der Waals surface area contributed by atoms with Gasteiger partial charge in [-0.1, -0.05) is 26.0 Å². The van der Waals surface area contributed by atoms with E-state index in [0.717, 1.165) is 18.9 Å². The van der Waals surface area contributed by atoms with Crippen molar-refractivity contribution < 1.29 is 0 Å². The van der Waals surface area contributed by atoms with Gasteiger partial charge < -0.3 is 4.90 Å². The summed E-state index contributed by atoms with van der Waals surface area (Å²) in [4.78, 5) is 2.55. The van der Waals surface area contributed by atoms with Crippen LogP contribution in [-0.2, 0) is 0 Å². The zero-order valence-corrected chi connectivity index (χ0v) is 10.3. The average molecular weight is 207 g/mol. The quantitative estimate of drug-likeness (QED) is 0.595. The molecule has 0 N–H and O–H groups in total. The Hall–Kier alpha value is -0.720. The molecule has 0 fully saturated rings. The van der Waals surface area contributed by atoms with E-state index in [-0.39, 0.29) is 0 Å². The van der Waals surface area contributed by atoms with Gasteiger partial charge in [-0.25, -0.2) is 0 Å². The molecule has 1 rings (SSSR count). The van der Waals surface area contributed by atoms with E-state index in [1.165, 1.54) is 32.2 Å². The molecular formula is C14H25N. The molecule has 0 aromatic rings. The lowest BCUT2D eigenvalue weighted by atomic mass is 9.93. The van der Waals surface area contributed by atoms with Gasteiger partial charge >= 0.3 is 0 Å². The summed E-state index contributed by atoms with van der Waals surface area (Å²) in [5.41, 5.74) is 1.58. The third-order valence-electron chi connectivity index (χ3n) is 3.10. The molecule has 15 heavy (non-hydrogen) atoms. The third-order valence-corrected chi connectivity index (χ3v) is 3.10. The normalized spacial score (nSPS) is 20.9. The smallest absolute Gasteiger partial charge is 0.0209 e. The fourth-order valence-corrected chi connectivity index (χ4v) is 2.25. The highest BCUT2D eigenvalue weighted by Gasteiger charge is 2.15. The van der Waals surface area contributed by atoms with Crippen LogP contribution in [0.4, 0.5) is 0 Å². The predicted molar refractivity (Wildman–Crippen MR) is 67.8 cm³/mol. The van der Waals surface area contributed by atoms with Crippen LogP contribution in [0.1, 0.15) is 46.0 Å². The molecule has 86 valence electrons. The summed E-state index contributed by atoms with van der Waals surface area (Å²) in [6.07, 6.45) is 10.7. The Bertz CT molecular complexity index is 217. The van der Waals surface area contributed by atoms with E-state index in [4.69, 9.17) is 0 Å². The highest BCUT2D eigenvalue weighted by molar-refractivity contribution is 5.06. The summed E-state index contributed by atoms with van der Waals surface area (Å²) < 4.78 is 0. The van der Waals surface area contributed by atoms with Gasteiger partial charge in [0.15, 0.2) is 0 Å². The Morgan fingerprint density at radius 3 is 2.93 bits per heavy atom. The van der Waals surface area contributed by atoms with Gasteiger partial charge in [-0.2, -0.15) is 0 Å². The summed E-state index contributed by atoms with van der Waals surface area (Å²) in [6, 6.07) is 0. The van der Waals surface area contributed by atoms with Crippen LogP contribution in [0.2, 0.25) is 0 Å². The van der Waals surface area contributed by atoms with Crippen LogP contribution >= 0.6 is 0 Å². The Balaban J connectivity index is 2.53. The number of allylic oxidation sites excluding steroid dienone is 2. The van der Waals surface area contributed by atoms with Crippen molar-refractivity contribution in [2.75, 3.05) is 13.1 Å². The van der Waals surface area contributed by atoms with Gasteiger partial charge in [0, 0.05) is 18.8 Å². The van der Waals surface area contributed by atoms with Crippen molar-refractivity contribution in [2.45, 2.75) is 46.0 Å². The van der Waals surface area contributed by atoms with Gasteiger partial charge in [0.2, 0.25) is 0 Å². The third kappa shape index (κ3) is 4.11. The molecule has 0 aromatic heterocycles. The van der Waals surface area contributed by atoms with Crippen LogP contribution < -0.4 is 0 Å². The number of hydrogen-bond acceptors (Lipinski definition) is 1. The highest BCUT2D eigenvalue weighted by Crippen LogP contribution is 2.26. The molecule has 1 heteroatoms. The molecule has 0 bridgehead atoms. The molecular weight excluding hydrogens is 182 g/mol. The first-order valence-electron chi connectivity index (χ1n) is 6.32. The first-order chi connectivity index (χ1) is 7.27. The Labute approximate surface area is 94.9 Å². The summed E-state index contributed by atoms with van der Waals surface area (Å²) in [6.45, 7) is 10.8. The topological polar surface area (TPSA) is 3.24 Å². The SMILES string of the molecule is C=CCCN(CCC)C1=CCCC(C)C1. The zero-order valence-electron chi connectivity index (χ0n) is 10.3. The van der Waals surface area contributed by atoms with Crippen LogP contribution in [-0.4, -0.2) is 18.0 Å². The van der Waals surface area contributed by atoms with Crippen LogP contribution in [0.15, 0.2) is 24.4 Å². The molecule has 0 aliphatic heterocycles. The van der Waals surface area contributed by atoms with E-state index in [9.17, 15) is 0 Å². The minimum absolute atomic E-state index is 0.869. The minimum Gasteiger partial charge on any atom is -0.375 e. The standard InChI is InChI=1S/C14H25N/c1-4-6-11-15(10-5-2)14-9-7-8-13(3)12-14/h4,9,13H,1,5-8,10-12H2,2-3H3. The van der Waals surface area contributed by atoms with Gasteiger partial charge in [0.1, 0.15) is 0 Å². The van der Waals surface area contributed by atoms with E-state index in [0.29, 0.717) is 0 Å². The van der Waals surface area contributed by atoms with E-state index < -0.39 is 0 Å². The van der Waals surface area contributed by atoms with E-state index in [1.807, 2.05) is 6.08 Å². The zero-order chi connectivity index (χ0) is 11.1. The average Bonchev–Trinajstić information content (AvgIpc) is 2.24. The monoisotopic (exact) mass is 207 g/mol. The fourth-order valence-electron chi connectivity index (χ4n) is 2.25. The molecule has 0 heterocycles. The Morgan fingerprint density at radius 1 is 1.53 bits per heavy atom. The predicted octanol–water partition coefficient (Wildman–Crippen LogP) is 3.98. The lowest BCUT2D eigenvalue weighted by molar-refractivity contribution is 0.308. The van der Waals surface area contributed by atoms with Gasteiger partial charge in [-0.05, 0) is 38.0 Å².